The molecule has 170 valence electrons. The molecule has 0 aliphatic carbocycles. The Labute approximate surface area is 193 Å². The van der Waals surface area contributed by atoms with Crippen LogP contribution in [-0.4, -0.2) is 32.5 Å². The molecule has 1 N–H and O–H groups in total. The molecule has 0 bridgehead atoms. The first-order valence-corrected chi connectivity index (χ1v) is 11.2. The largest absolute Gasteiger partial charge is 0.489 e. The highest BCUT2D eigenvalue weighted by molar-refractivity contribution is 5.94. The molecule has 0 radical (unpaired) electrons. The van der Waals surface area contributed by atoms with E-state index < -0.39 is 0 Å². The number of benzene rings is 3. The molecule has 0 unspecified atom stereocenters. The van der Waals surface area contributed by atoms with Gasteiger partial charge in [0, 0.05) is 30.7 Å². The van der Waals surface area contributed by atoms with Crippen LogP contribution in [0, 0.1) is 0 Å². The van der Waals surface area contributed by atoms with Crippen LogP contribution in [0.25, 0.3) is 0 Å². The molecule has 5 rings (SSSR count). The first-order valence-electron chi connectivity index (χ1n) is 11.2. The van der Waals surface area contributed by atoms with E-state index >= 15 is 0 Å². The lowest BCUT2D eigenvalue weighted by molar-refractivity contribution is 0.0486. The van der Waals surface area contributed by atoms with E-state index in [9.17, 15) is 4.79 Å². The van der Waals surface area contributed by atoms with Gasteiger partial charge in [0.1, 0.15) is 12.4 Å². The molecule has 1 amide bonds. The van der Waals surface area contributed by atoms with E-state index in [0.717, 1.165) is 41.2 Å². The van der Waals surface area contributed by atoms with E-state index in [1.54, 1.807) is 0 Å². The monoisotopic (exact) mass is 445 g/mol. The average Bonchev–Trinajstić information content (AvgIpc) is 3.36. The van der Waals surface area contributed by atoms with E-state index in [2.05, 4.69) is 11.4 Å². The summed E-state index contributed by atoms with van der Waals surface area (Å²) in [6, 6.07) is 23.3. The van der Waals surface area contributed by atoms with Crippen molar-refractivity contribution in [3.63, 3.8) is 0 Å². The molecule has 0 atom stereocenters. The lowest BCUT2D eigenvalue weighted by Gasteiger charge is -2.38. The van der Waals surface area contributed by atoms with Gasteiger partial charge in [-0.1, -0.05) is 36.4 Å². The smallest absolute Gasteiger partial charge is 0.251 e. The van der Waals surface area contributed by atoms with Gasteiger partial charge in [-0.15, -0.1) is 0 Å². The Bertz CT molecular complexity index is 1090. The summed E-state index contributed by atoms with van der Waals surface area (Å²) >= 11 is 0. The van der Waals surface area contributed by atoms with Crippen LogP contribution in [-0.2, 0) is 16.8 Å². The molecule has 2 aliphatic rings. The maximum absolute atomic E-state index is 12.9. The topological polar surface area (TPSA) is 66.0 Å². The zero-order chi connectivity index (χ0) is 22.5. The predicted octanol–water partition coefficient (Wildman–Crippen LogP) is 4.47. The molecular weight excluding hydrogens is 418 g/mol. The van der Waals surface area contributed by atoms with Gasteiger partial charge < -0.3 is 24.3 Å². The Morgan fingerprint density at radius 3 is 2.45 bits per heavy atom. The van der Waals surface area contributed by atoms with Gasteiger partial charge in [-0.2, -0.15) is 0 Å². The molecule has 2 heterocycles. The third-order valence-electron chi connectivity index (χ3n) is 6.39. The second kappa shape index (κ2) is 9.55. The SMILES string of the molecule is O=C(NCC1(c2ccc3c(c2)OCO3)CCOCC1)c1ccc(COc2ccccc2)cc1. The number of nitrogens with one attached hydrogen (secondary N) is 1. The maximum atomic E-state index is 12.9. The highest BCUT2D eigenvalue weighted by atomic mass is 16.7. The first kappa shape index (κ1) is 21.3. The number of hydrogen-bond acceptors (Lipinski definition) is 5. The second-order valence-corrected chi connectivity index (χ2v) is 8.44. The normalized spacial score (nSPS) is 16.2. The first-order chi connectivity index (χ1) is 16.2. The van der Waals surface area contributed by atoms with Crippen molar-refractivity contribution >= 4 is 5.91 Å². The van der Waals surface area contributed by atoms with Gasteiger partial charge >= 0.3 is 0 Å². The zero-order valence-electron chi connectivity index (χ0n) is 18.4. The van der Waals surface area contributed by atoms with Crippen molar-refractivity contribution in [3.05, 3.63) is 89.5 Å². The fraction of sp³-hybridized carbons (Fsp3) is 0.296. The van der Waals surface area contributed by atoms with Crippen LogP contribution in [0.5, 0.6) is 17.2 Å². The summed E-state index contributed by atoms with van der Waals surface area (Å²) < 4.78 is 22.4. The van der Waals surface area contributed by atoms with Crippen LogP contribution in [0.1, 0.15) is 34.3 Å². The molecule has 0 spiro atoms. The Morgan fingerprint density at radius 1 is 0.909 bits per heavy atom. The number of carbonyl (C=O) groups is 1. The summed E-state index contributed by atoms with van der Waals surface area (Å²) in [5.74, 6) is 2.26. The number of para-hydroxylation sites is 1. The third kappa shape index (κ3) is 4.81. The maximum Gasteiger partial charge on any atom is 0.251 e. The van der Waals surface area contributed by atoms with Crippen molar-refractivity contribution in [1.29, 1.82) is 0 Å². The molecule has 3 aromatic carbocycles. The summed E-state index contributed by atoms with van der Waals surface area (Å²) in [5.41, 5.74) is 2.59. The van der Waals surface area contributed by atoms with Crippen LogP contribution in [0.15, 0.2) is 72.8 Å². The van der Waals surface area contributed by atoms with E-state index in [-0.39, 0.29) is 18.1 Å². The number of ether oxygens (including phenoxy) is 4. The molecule has 6 nitrogen and oxygen atoms in total. The van der Waals surface area contributed by atoms with Gasteiger partial charge in [-0.05, 0) is 60.4 Å². The molecule has 0 saturated carbocycles. The summed E-state index contributed by atoms with van der Waals surface area (Å²) in [6.07, 6.45) is 1.67. The Balaban J connectivity index is 1.23. The van der Waals surface area contributed by atoms with Gasteiger partial charge in [-0.25, -0.2) is 0 Å². The fourth-order valence-electron chi connectivity index (χ4n) is 4.34. The van der Waals surface area contributed by atoms with E-state index in [0.29, 0.717) is 31.9 Å². The minimum absolute atomic E-state index is 0.0860. The van der Waals surface area contributed by atoms with E-state index in [4.69, 9.17) is 18.9 Å². The highest BCUT2D eigenvalue weighted by Crippen LogP contribution is 2.40. The summed E-state index contributed by atoms with van der Waals surface area (Å²) in [7, 11) is 0. The van der Waals surface area contributed by atoms with E-state index in [1.807, 2.05) is 66.7 Å². The lowest BCUT2D eigenvalue weighted by Crippen LogP contribution is -2.44. The second-order valence-electron chi connectivity index (χ2n) is 8.44. The van der Waals surface area contributed by atoms with Gasteiger partial charge in [0.15, 0.2) is 11.5 Å². The molecule has 1 saturated heterocycles. The quantitative estimate of drug-likeness (QED) is 0.581. The molecule has 6 heteroatoms. The summed E-state index contributed by atoms with van der Waals surface area (Å²) in [6.45, 7) is 2.58. The number of fused-ring (bicyclic) bond motifs is 1. The average molecular weight is 446 g/mol. The minimum atomic E-state index is -0.196. The molecule has 0 aromatic heterocycles. The standard InChI is InChI=1S/C27H27NO5/c29-26(21-8-6-20(7-9-21)17-31-23-4-2-1-3-5-23)28-18-27(12-14-30-15-13-27)22-10-11-24-25(16-22)33-19-32-24/h1-11,16H,12-15,17-19H2,(H,28,29). The summed E-state index contributed by atoms with van der Waals surface area (Å²) in [5, 5.41) is 3.16. The van der Waals surface area contributed by atoms with Crippen molar-refractivity contribution in [2.75, 3.05) is 26.6 Å². The number of amides is 1. The third-order valence-corrected chi connectivity index (χ3v) is 6.39. The number of carbonyl (C=O) groups excluding carboxylic acids is 1. The fourth-order valence-corrected chi connectivity index (χ4v) is 4.34. The van der Waals surface area contributed by atoms with Gasteiger partial charge in [0.2, 0.25) is 6.79 Å². The highest BCUT2D eigenvalue weighted by Gasteiger charge is 2.36. The Kier molecular flexibility index (Phi) is 6.17. The minimum Gasteiger partial charge on any atom is -0.489 e. The lowest BCUT2D eigenvalue weighted by atomic mass is 9.74. The number of hydrogen-bond donors (Lipinski definition) is 1. The molecule has 2 aliphatic heterocycles. The van der Waals surface area contributed by atoms with Crippen LogP contribution in [0.4, 0.5) is 0 Å². The van der Waals surface area contributed by atoms with Crippen molar-refractivity contribution < 1.29 is 23.7 Å². The van der Waals surface area contributed by atoms with Crippen LogP contribution in [0.2, 0.25) is 0 Å². The molecular formula is C27H27NO5. The van der Waals surface area contributed by atoms with Crippen molar-refractivity contribution in [2.24, 2.45) is 0 Å². The predicted molar refractivity (Wildman–Crippen MR) is 124 cm³/mol. The molecule has 33 heavy (non-hydrogen) atoms. The van der Waals surface area contributed by atoms with Crippen molar-refractivity contribution in [1.82, 2.24) is 5.32 Å². The Hall–Kier alpha value is -3.51. The molecule has 3 aromatic rings. The van der Waals surface area contributed by atoms with Gasteiger partial charge in [0.05, 0.1) is 0 Å². The number of rotatable bonds is 7. The van der Waals surface area contributed by atoms with Gasteiger partial charge in [-0.3, -0.25) is 4.79 Å². The van der Waals surface area contributed by atoms with Crippen molar-refractivity contribution in [2.45, 2.75) is 24.9 Å². The molecule has 1 fully saturated rings. The summed E-state index contributed by atoms with van der Waals surface area (Å²) in [4.78, 5) is 12.9. The zero-order valence-corrected chi connectivity index (χ0v) is 18.4. The van der Waals surface area contributed by atoms with E-state index in [1.165, 1.54) is 0 Å². The van der Waals surface area contributed by atoms with Crippen molar-refractivity contribution in [3.8, 4) is 17.2 Å². The van der Waals surface area contributed by atoms with Crippen LogP contribution in [0.3, 0.4) is 0 Å². The van der Waals surface area contributed by atoms with Gasteiger partial charge in [0.25, 0.3) is 5.91 Å². The van der Waals surface area contributed by atoms with Crippen LogP contribution >= 0.6 is 0 Å². The van der Waals surface area contributed by atoms with Crippen LogP contribution < -0.4 is 19.5 Å². The Morgan fingerprint density at radius 2 is 1.67 bits per heavy atom.